The molecule has 2 aromatic heterocycles. The van der Waals surface area contributed by atoms with Gasteiger partial charge in [-0.1, -0.05) is 91.0 Å². The van der Waals surface area contributed by atoms with E-state index in [1.807, 2.05) is 24.3 Å². The molecule has 0 aliphatic carbocycles. The van der Waals surface area contributed by atoms with Crippen LogP contribution < -0.4 is 5.73 Å². The van der Waals surface area contributed by atoms with Crippen molar-refractivity contribution in [1.82, 2.24) is 9.55 Å². The lowest BCUT2D eigenvalue weighted by molar-refractivity contribution is 1.18. The Hall–Kier alpha value is -5.67. The van der Waals surface area contributed by atoms with Crippen molar-refractivity contribution in [2.75, 3.05) is 0 Å². The number of fused-ring (bicyclic) bond motifs is 5. The summed E-state index contributed by atoms with van der Waals surface area (Å²) in [5.74, 6) is 0. The average Bonchev–Trinajstić information content (AvgIpc) is 3.44. The van der Waals surface area contributed by atoms with Crippen molar-refractivity contribution in [3.8, 4) is 16.8 Å². The third-order valence-electron chi connectivity index (χ3n) is 8.69. The zero-order valence-electron chi connectivity index (χ0n) is 25.6. The van der Waals surface area contributed by atoms with Gasteiger partial charge in [-0.15, -0.1) is 0 Å². The number of aromatic nitrogens is 2. The van der Waals surface area contributed by atoms with Gasteiger partial charge in [0.15, 0.2) is 0 Å². The molecule has 0 fully saturated rings. The molecule has 3 heteroatoms. The van der Waals surface area contributed by atoms with Crippen LogP contribution in [0.4, 0.5) is 0 Å². The lowest BCUT2D eigenvalue weighted by Gasteiger charge is -2.11. The second kappa shape index (κ2) is 12.1. The van der Waals surface area contributed by atoms with E-state index < -0.39 is 0 Å². The van der Waals surface area contributed by atoms with Crippen LogP contribution in [-0.4, -0.2) is 9.55 Å². The number of para-hydroxylation sites is 1. The lowest BCUT2D eigenvalue weighted by Crippen LogP contribution is -1.95. The van der Waals surface area contributed by atoms with Gasteiger partial charge in [0.1, 0.15) is 0 Å². The zero-order chi connectivity index (χ0) is 30.8. The minimum absolute atomic E-state index is 0.726. The molecule has 0 aliphatic heterocycles. The van der Waals surface area contributed by atoms with Gasteiger partial charge in [-0.25, -0.2) is 0 Å². The highest BCUT2D eigenvalue weighted by atomic mass is 15.0. The number of hydrogen-bond acceptors (Lipinski definition) is 2. The highest BCUT2D eigenvalue weighted by Crippen LogP contribution is 2.38. The summed E-state index contributed by atoms with van der Waals surface area (Å²) in [5, 5.41) is 4.99. The number of rotatable bonds is 7. The van der Waals surface area contributed by atoms with Crippen molar-refractivity contribution in [1.29, 1.82) is 0 Å². The number of hydrogen-bond donors (Lipinski definition) is 1. The molecule has 2 heterocycles. The second-order valence-corrected chi connectivity index (χ2v) is 11.5. The summed E-state index contributed by atoms with van der Waals surface area (Å²) < 4.78 is 2.43. The molecule has 0 amide bonds. The van der Waals surface area contributed by atoms with Crippen LogP contribution in [0.1, 0.15) is 30.5 Å². The lowest BCUT2D eigenvalue weighted by atomic mass is 9.97. The molecule has 7 aromatic rings. The van der Waals surface area contributed by atoms with E-state index in [4.69, 9.17) is 5.73 Å². The second-order valence-electron chi connectivity index (χ2n) is 11.5. The minimum atomic E-state index is 0.726. The van der Waals surface area contributed by atoms with Crippen molar-refractivity contribution >= 4 is 43.8 Å². The van der Waals surface area contributed by atoms with Gasteiger partial charge in [0, 0.05) is 45.5 Å². The third kappa shape index (κ3) is 5.45. The summed E-state index contributed by atoms with van der Waals surface area (Å²) in [5.41, 5.74) is 17.8. The van der Waals surface area contributed by atoms with Gasteiger partial charge >= 0.3 is 0 Å². The molecular formula is C42H35N3. The van der Waals surface area contributed by atoms with Gasteiger partial charge < -0.3 is 10.3 Å². The molecular weight excluding hydrogens is 546 g/mol. The molecule has 2 N–H and O–H groups in total. The fourth-order valence-electron chi connectivity index (χ4n) is 6.16. The number of allylic oxidation sites excluding steroid dienone is 5. The van der Waals surface area contributed by atoms with Crippen molar-refractivity contribution < 1.29 is 0 Å². The van der Waals surface area contributed by atoms with Gasteiger partial charge in [0.2, 0.25) is 0 Å². The van der Waals surface area contributed by atoms with Crippen molar-refractivity contribution in [2.45, 2.75) is 20.3 Å². The number of nitrogens with two attached hydrogens (primary N) is 1. The van der Waals surface area contributed by atoms with E-state index in [1.165, 1.54) is 60.4 Å². The molecule has 3 nitrogen and oxygen atoms in total. The summed E-state index contributed by atoms with van der Waals surface area (Å²) in [4.78, 5) is 4.07. The highest BCUT2D eigenvalue weighted by molar-refractivity contribution is 6.19. The first-order chi connectivity index (χ1) is 22.1. The fraction of sp³-hybridized carbons (Fsp3) is 0.0714. The third-order valence-corrected chi connectivity index (χ3v) is 8.69. The summed E-state index contributed by atoms with van der Waals surface area (Å²) in [6.07, 6.45) is 12.6. The smallest absolute Gasteiger partial charge is 0.0619 e. The summed E-state index contributed by atoms with van der Waals surface area (Å²) >= 11 is 0. The summed E-state index contributed by atoms with van der Waals surface area (Å²) in [7, 11) is 0. The fourth-order valence-corrected chi connectivity index (χ4v) is 6.16. The zero-order valence-corrected chi connectivity index (χ0v) is 25.6. The van der Waals surface area contributed by atoms with Gasteiger partial charge in [-0.3, -0.25) is 4.98 Å². The SMILES string of the molecule is C/C=C(\C)c1cccc(-c2ccc3c(ccc4c5ccc(C/C=C\C=C(/N)c6ccncc6)cc5n(-c5ccccc5)c34)c2)c1. The maximum absolute atomic E-state index is 6.26. The van der Waals surface area contributed by atoms with E-state index in [0.29, 0.717) is 0 Å². The predicted molar refractivity (Wildman–Crippen MR) is 192 cm³/mol. The van der Waals surface area contributed by atoms with E-state index >= 15 is 0 Å². The Bertz CT molecular complexity index is 2250. The van der Waals surface area contributed by atoms with Crippen LogP contribution in [0.15, 0.2) is 152 Å². The molecule has 5 aromatic carbocycles. The topological polar surface area (TPSA) is 43.8 Å². The highest BCUT2D eigenvalue weighted by Gasteiger charge is 2.16. The van der Waals surface area contributed by atoms with E-state index in [0.717, 1.165) is 23.4 Å². The van der Waals surface area contributed by atoms with Crippen LogP contribution in [0.2, 0.25) is 0 Å². The monoisotopic (exact) mass is 581 g/mol. The Kier molecular flexibility index (Phi) is 7.59. The Balaban J connectivity index is 1.32. The maximum atomic E-state index is 6.26. The minimum Gasteiger partial charge on any atom is -0.398 e. The number of nitrogens with zero attached hydrogens (tertiary/aromatic N) is 2. The molecule has 0 bridgehead atoms. The molecule has 45 heavy (non-hydrogen) atoms. The van der Waals surface area contributed by atoms with Crippen LogP contribution in [0.3, 0.4) is 0 Å². The van der Waals surface area contributed by atoms with E-state index in [9.17, 15) is 0 Å². The van der Waals surface area contributed by atoms with Crippen LogP contribution in [0.25, 0.3) is 60.7 Å². The van der Waals surface area contributed by atoms with Gasteiger partial charge in [0.25, 0.3) is 0 Å². The predicted octanol–water partition coefficient (Wildman–Crippen LogP) is 10.5. The average molecular weight is 582 g/mol. The molecule has 218 valence electrons. The molecule has 0 radical (unpaired) electrons. The standard InChI is InChI=1S/C42H35N3/c1-3-29(2)32-11-9-12-33(27-32)34-17-20-37-35(28-34)18-21-39-38-19-16-30(10-7-8-15-40(43)31-22-24-44-25-23-31)26-41(38)45(42(37)39)36-13-5-4-6-14-36/h3-9,11-28H,10,43H2,1-2H3/b8-7-,29-3+,40-15-. The molecule has 0 spiro atoms. The van der Waals surface area contributed by atoms with Crippen molar-refractivity contribution in [3.63, 3.8) is 0 Å². The molecule has 0 unspecified atom stereocenters. The normalized spacial score (nSPS) is 12.6. The van der Waals surface area contributed by atoms with E-state index in [1.54, 1.807) is 12.4 Å². The number of benzene rings is 5. The van der Waals surface area contributed by atoms with E-state index in [-0.39, 0.29) is 0 Å². The summed E-state index contributed by atoms with van der Waals surface area (Å²) in [6.45, 7) is 4.26. The van der Waals surface area contributed by atoms with Crippen LogP contribution in [0.5, 0.6) is 0 Å². The number of pyridine rings is 1. The molecule has 0 saturated heterocycles. The Morgan fingerprint density at radius 3 is 2.33 bits per heavy atom. The quantitative estimate of drug-likeness (QED) is 0.190. The van der Waals surface area contributed by atoms with Gasteiger partial charge in [-0.05, 0) is 102 Å². The van der Waals surface area contributed by atoms with E-state index in [2.05, 4.69) is 139 Å². The molecule has 0 aliphatic rings. The van der Waals surface area contributed by atoms with Crippen molar-refractivity contribution in [3.05, 3.63) is 169 Å². The van der Waals surface area contributed by atoms with Crippen LogP contribution in [0, 0.1) is 0 Å². The molecule has 0 atom stereocenters. The first-order valence-electron chi connectivity index (χ1n) is 15.4. The van der Waals surface area contributed by atoms with Gasteiger partial charge in [-0.2, -0.15) is 0 Å². The first kappa shape index (κ1) is 28.1. The maximum Gasteiger partial charge on any atom is 0.0619 e. The Morgan fingerprint density at radius 1 is 0.733 bits per heavy atom. The molecule has 7 rings (SSSR count). The Labute approximate surface area is 264 Å². The van der Waals surface area contributed by atoms with Crippen LogP contribution in [-0.2, 0) is 6.42 Å². The first-order valence-corrected chi connectivity index (χ1v) is 15.4. The summed E-state index contributed by atoms with van der Waals surface area (Å²) in [6, 6.07) is 41.6. The van der Waals surface area contributed by atoms with Gasteiger partial charge in [0.05, 0.1) is 11.0 Å². The Morgan fingerprint density at radius 2 is 1.51 bits per heavy atom. The van der Waals surface area contributed by atoms with Crippen LogP contribution >= 0.6 is 0 Å². The van der Waals surface area contributed by atoms with Crippen molar-refractivity contribution in [2.24, 2.45) is 5.73 Å². The largest absolute Gasteiger partial charge is 0.398 e. The molecule has 0 saturated carbocycles.